The quantitative estimate of drug-likeness (QED) is 0.753. The highest BCUT2D eigenvalue weighted by Gasteiger charge is 2.27. The van der Waals surface area contributed by atoms with E-state index >= 15 is 0 Å². The molecule has 1 aliphatic carbocycles. The van der Waals surface area contributed by atoms with Crippen LogP contribution in [-0.4, -0.2) is 25.0 Å². The summed E-state index contributed by atoms with van der Waals surface area (Å²) < 4.78 is 18.6. The third kappa shape index (κ3) is 4.62. The molecule has 1 aliphatic rings. The van der Waals surface area contributed by atoms with Crippen molar-refractivity contribution >= 4 is 23.2 Å². The fourth-order valence-corrected chi connectivity index (χ4v) is 3.21. The molecule has 0 aliphatic heterocycles. The summed E-state index contributed by atoms with van der Waals surface area (Å²) in [6.45, 7) is 0. The van der Waals surface area contributed by atoms with Gasteiger partial charge in [0.1, 0.15) is 11.6 Å². The number of carbonyl (C=O) groups is 2. The van der Waals surface area contributed by atoms with Gasteiger partial charge >= 0.3 is 0 Å². The summed E-state index contributed by atoms with van der Waals surface area (Å²) in [5.74, 6) is -0.730. The van der Waals surface area contributed by atoms with Gasteiger partial charge in [-0.15, -0.1) is 0 Å². The second kappa shape index (κ2) is 8.18. The monoisotopic (exact) mass is 371 g/mol. The second-order valence-electron chi connectivity index (χ2n) is 6.64. The lowest BCUT2D eigenvalue weighted by molar-refractivity contribution is -0.119. The highest BCUT2D eigenvalue weighted by molar-refractivity contribution is 6.05. The van der Waals surface area contributed by atoms with Crippen molar-refractivity contribution in [2.75, 3.05) is 17.7 Å². The number of nitrogens with two attached hydrogens (primary N) is 1. The van der Waals surface area contributed by atoms with Gasteiger partial charge in [0, 0.05) is 23.2 Å². The third-order valence-electron chi connectivity index (χ3n) is 4.65. The van der Waals surface area contributed by atoms with Crippen molar-refractivity contribution in [2.45, 2.75) is 25.3 Å². The minimum absolute atomic E-state index is 0.0673. The standard InChI is InChI=1S/C20H22FN3O3/c1-27-18-8-7-16(23-19(25)13-5-6-15(22)10-13)11-17(18)24-20(26)12-3-2-4-14(21)9-12/h2-4,7-9,11,13,15H,5-6,10,22H2,1H3,(H,23,25)(H,24,26). The number of anilines is 2. The lowest BCUT2D eigenvalue weighted by atomic mass is 10.1. The predicted molar refractivity (Wildman–Crippen MR) is 101 cm³/mol. The summed E-state index contributed by atoms with van der Waals surface area (Å²) in [4.78, 5) is 24.8. The Bertz CT molecular complexity index is 856. The maximum atomic E-state index is 13.3. The van der Waals surface area contributed by atoms with Gasteiger partial charge in [0.15, 0.2) is 0 Å². The van der Waals surface area contributed by atoms with Crippen molar-refractivity contribution in [3.05, 3.63) is 53.8 Å². The molecule has 27 heavy (non-hydrogen) atoms. The Kier molecular flexibility index (Phi) is 5.71. The fraction of sp³-hybridized carbons (Fsp3) is 0.300. The van der Waals surface area contributed by atoms with E-state index in [9.17, 15) is 14.0 Å². The Morgan fingerprint density at radius 2 is 1.96 bits per heavy atom. The summed E-state index contributed by atoms with van der Waals surface area (Å²) in [6, 6.07) is 10.4. The Hall–Kier alpha value is -2.93. The van der Waals surface area contributed by atoms with Gasteiger partial charge in [-0.1, -0.05) is 6.07 Å². The van der Waals surface area contributed by atoms with Gasteiger partial charge in [0.25, 0.3) is 5.91 Å². The zero-order chi connectivity index (χ0) is 19.4. The van der Waals surface area contributed by atoms with E-state index in [1.165, 1.54) is 25.3 Å². The van der Waals surface area contributed by atoms with Crippen molar-refractivity contribution in [1.29, 1.82) is 0 Å². The SMILES string of the molecule is COc1ccc(NC(=O)C2CCC(N)C2)cc1NC(=O)c1cccc(F)c1. The second-order valence-corrected chi connectivity index (χ2v) is 6.64. The zero-order valence-corrected chi connectivity index (χ0v) is 15.0. The Morgan fingerprint density at radius 1 is 1.15 bits per heavy atom. The molecule has 142 valence electrons. The van der Waals surface area contributed by atoms with Gasteiger partial charge in [-0.3, -0.25) is 9.59 Å². The topological polar surface area (TPSA) is 93.4 Å². The molecule has 0 aromatic heterocycles. The molecule has 0 heterocycles. The van der Waals surface area contributed by atoms with E-state index in [-0.39, 0.29) is 23.4 Å². The van der Waals surface area contributed by atoms with Gasteiger partial charge in [-0.2, -0.15) is 0 Å². The Labute approximate surface area is 156 Å². The number of rotatable bonds is 5. The van der Waals surface area contributed by atoms with Gasteiger partial charge in [0.05, 0.1) is 12.8 Å². The lowest BCUT2D eigenvalue weighted by Crippen LogP contribution is -2.23. The average molecular weight is 371 g/mol. The number of hydrogen-bond donors (Lipinski definition) is 3. The van der Waals surface area contributed by atoms with Crippen LogP contribution in [0.2, 0.25) is 0 Å². The molecule has 1 saturated carbocycles. The van der Waals surface area contributed by atoms with Crippen molar-refractivity contribution in [3.63, 3.8) is 0 Å². The number of nitrogens with one attached hydrogen (secondary N) is 2. The van der Waals surface area contributed by atoms with Crippen molar-refractivity contribution in [2.24, 2.45) is 11.7 Å². The first-order valence-electron chi connectivity index (χ1n) is 8.77. The number of amides is 2. The van der Waals surface area contributed by atoms with Crippen LogP contribution in [-0.2, 0) is 4.79 Å². The molecule has 0 radical (unpaired) electrons. The maximum Gasteiger partial charge on any atom is 0.255 e. The van der Waals surface area contributed by atoms with E-state index in [1.54, 1.807) is 18.2 Å². The maximum absolute atomic E-state index is 13.3. The van der Waals surface area contributed by atoms with Crippen LogP contribution in [0.4, 0.5) is 15.8 Å². The first kappa shape index (κ1) is 18.8. The summed E-state index contributed by atoms with van der Waals surface area (Å²) in [6.07, 6.45) is 2.28. The highest BCUT2D eigenvalue weighted by Crippen LogP contribution is 2.30. The number of carbonyl (C=O) groups excluding carboxylic acids is 2. The van der Waals surface area contributed by atoms with Gasteiger partial charge in [-0.25, -0.2) is 4.39 Å². The smallest absolute Gasteiger partial charge is 0.255 e. The molecule has 3 rings (SSSR count). The molecule has 7 heteroatoms. The number of hydrogen-bond acceptors (Lipinski definition) is 4. The van der Waals surface area contributed by atoms with Crippen LogP contribution in [0.5, 0.6) is 5.75 Å². The van der Waals surface area contributed by atoms with E-state index < -0.39 is 11.7 Å². The normalized spacial score (nSPS) is 18.8. The van der Waals surface area contributed by atoms with Crippen LogP contribution < -0.4 is 21.1 Å². The van der Waals surface area contributed by atoms with Crippen LogP contribution in [0.25, 0.3) is 0 Å². The van der Waals surface area contributed by atoms with Crippen LogP contribution in [0.3, 0.4) is 0 Å². The number of halogens is 1. The molecule has 2 unspecified atom stereocenters. The molecule has 6 nitrogen and oxygen atoms in total. The van der Waals surface area contributed by atoms with Gasteiger partial charge in [0.2, 0.25) is 5.91 Å². The Morgan fingerprint density at radius 3 is 2.63 bits per heavy atom. The number of methoxy groups -OCH3 is 1. The van der Waals surface area contributed by atoms with E-state index in [1.807, 2.05) is 0 Å². The molecular formula is C20H22FN3O3. The molecule has 0 saturated heterocycles. The molecule has 2 amide bonds. The van der Waals surface area contributed by atoms with Gasteiger partial charge in [-0.05, 0) is 55.7 Å². The lowest BCUT2D eigenvalue weighted by Gasteiger charge is -2.14. The molecule has 2 aromatic carbocycles. The molecule has 2 atom stereocenters. The molecule has 0 spiro atoms. The summed E-state index contributed by atoms with van der Waals surface area (Å²) in [7, 11) is 1.48. The molecule has 0 bridgehead atoms. The minimum atomic E-state index is -0.495. The zero-order valence-electron chi connectivity index (χ0n) is 15.0. The average Bonchev–Trinajstić information content (AvgIpc) is 3.08. The molecule has 1 fully saturated rings. The van der Waals surface area contributed by atoms with E-state index in [0.29, 0.717) is 23.5 Å². The van der Waals surface area contributed by atoms with Crippen LogP contribution in [0.1, 0.15) is 29.6 Å². The minimum Gasteiger partial charge on any atom is -0.495 e. The largest absolute Gasteiger partial charge is 0.495 e. The number of ether oxygens (including phenoxy) is 1. The summed E-state index contributed by atoms with van der Waals surface area (Å²) in [5, 5.41) is 5.55. The summed E-state index contributed by atoms with van der Waals surface area (Å²) in [5.41, 5.74) is 6.97. The van der Waals surface area contributed by atoms with Gasteiger partial charge < -0.3 is 21.1 Å². The van der Waals surface area contributed by atoms with E-state index in [2.05, 4.69) is 10.6 Å². The third-order valence-corrected chi connectivity index (χ3v) is 4.65. The number of benzene rings is 2. The first-order chi connectivity index (χ1) is 13.0. The molecular weight excluding hydrogens is 349 g/mol. The molecule has 2 aromatic rings. The van der Waals surface area contributed by atoms with Crippen molar-refractivity contribution in [1.82, 2.24) is 0 Å². The first-order valence-corrected chi connectivity index (χ1v) is 8.77. The predicted octanol–water partition coefficient (Wildman–Crippen LogP) is 3.15. The van der Waals surface area contributed by atoms with Crippen LogP contribution in [0, 0.1) is 11.7 Å². The summed E-state index contributed by atoms with van der Waals surface area (Å²) >= 11 is 0. The fourth-order valence-electron chi connectivity index (χ4n) is 3.21. The van der Waals surface area contributed by atoms with E-state index in [0.717, 1.165) is 18.9 Å². The van der Waals surface area contributed by atoms with Crippen LogP contribution >= 0.6 is 0 Å². The Balaban J connectivity index is 1.75. The molecule has 4 N–H and O–H groups in total. The van der Waals surface area contributed by atoms with Crippen molar-refractivity contribution < 1.29 is 18.7 Å². The van der Waals surface area contributed by atoms with Crippen LogP contribution in [0.15, 0.2) is 42.5 Å². The van der Waals surface area contributed by atoms with Crippen molar-refractivity contribution in [3.8, 4) is 5.75 Å². The van der Waals surface area contributed by atoms with E-state index in [4.69, 9.17) is 10.5 Å². The highest BCUT2D eigenvalue weighted by atomic mass is 19.1.